The van der Waals surface area contributed by atoms with Crippen molar-refractivity contribution < 1.29 is 9.53 Å². The summed E-state index contributed by atoms with van der Waals surface area (Å²) in [5.41, 5.74) is 7.56. The minimum absolute atomic E-state index is 0.0618. The van der Waals surface area contributed by atoms with Crippen molar-refractivity contribution in [3.05, 3.63) is 53.7 Å². The molecular weight excluding hydrogens is 266 g/mol. The zero-order chi connectivity index (χ0) is 15.1. The van der Waals surface area contributed by atoms with Crippen LogP contribution in [0, 0.1) is 0 Å². The summed E-state index contributed by atoms with van der Waals surface area (Å²) >= 11 is 0. The second-order valence-corrected chi connectivity index (χ2v) is 4.55. The second-order valence-electron chi connectivity index (χ2n) is 4.55. The van der Waals surface area contributed by atoms with Crippen LogP contribution in [0.25, 0.3) is 0 Å². The van der Waals surface area contributed by atoms with E-state index in [2.05, 4.69) is 17.2 Å². The van der Waals surface area contributed by atoms with E-state index in [0.717, 1.165) is 12.0 Å². The fraction of sp³-hybridized carbons (Fsp3) is 0.250. The summed E-state index contributed by atoms with van der Waals surface area (Å²) < 4.78 is 5.48. The third kappa shape index (κ3) is 4.29. The van der Waals surface area contributed by atoms with Crippen molar-refractivity contribution in [3.8, 4) is 5.75 Å². The summed E-state index contributed by atoms with van der Waals surface area (Å²) in [5, 5.41) is 2.71. The van der Waals surface area contributed by atoms with Gasteiger partial charge < -0.3 is 15.8 Å². The minimum atomic E-state index is -0.259. The number of carbonyl (C=O) groups excluding carboxylic acids is 1. The highest BCUT2D eigenvalue weighted by Crippen LogP contribution is 2.14. The topological polar surface area (TPSA) is 77.2 Å². The molecule has 0 saturated carbocycles. The number of benzene rings is 1. The maximum absolute atomic E-state index is 11.9. The summed E-state index contributed by atoms with van der Waals surface area (Å²) in [5.74, 6) is 0.908. The number of hydrogen-bond donors (Lipinski definition) is 2. The van der Waals surface area contributed by atoms with Crippen molar-refractivity contribution in [2.75, 3.05) is 11.9 Å². The van der Waals surface area contributed by atoms with E-state index in [9.17, 15) is 4.79 Å². The Morgan fingerprint density at radius 1 is 1.33 bits per heavy atom. The maximum Gasteiger partial charge on any atom is 0.263 e. The predicted octanol–water partition coefficient (Wildman–Crippen LogP) is 2.12. The Labute approximate surface area is 124 Å². The number of nitrogens with two attached hydrogens (primary N) is 1. The highest BCUT2D eigenvalue weighted by molar-refractivity contribution is 5.91. The van der Waals surface area contributed by atoms with Crippen LogP contribution in [0.2, 0.25) is 0 Å². The quantitative estimate of drug-likeness (QED) is 0.852. The SMILES string of the molecule is CCc1cccc(OCC(=O)Nc2ncccc2CN)c1. The molecule has 21 heavy (non-hydrogen) atoms. The number of amides is 1. The lowest BCUT2D eigenvalue weighted by molar-refractivity contribution is -0.118. The predicted molar refractivity (Wildman–Crippen MR) is 82.1 cm³/mol. The molecular formula is C16H19N3O2. The first-order chi connectivity index (χ1) is 10.2. The Kier molecular flexibility index (Phi) is 5.29. The number of nitrogens with one attached hydrogen (secondary N) is 1. The number of anilines is 1. The minimum Gasteiger partial charge on any atom is -0.484 e. The highest BCUT2D eigenvalue weighted by Gasteiger charge is 2.08. The molecule has 2 rings (SSSR count). The first-order valence-electron chi connectivity index (χ1n) is 6.88. The van der Waals surface area contributed by atoms with E-state index in [1.54, 1.807) is 12.3 Å². The van der Waals surface area contributed by atoms with Gasteiger partial charge in [0.2, 0.25) is 0 Å². The molecule has 5 heteroatoms. The number of carbonyl (C=O) groups is 1. The molecule has 0 aliphatic heterocycles. The van der Waals surface area contributed by atoms with Crippen LogP contribution in [0.3, 0.4) is 0 Å². The molecule has 0 aliphatic rings. The standard InChI is InChI=1S/C16H19N3O2/c1-2-12-5-3-7-14(9-12)21-11-15(20)19-16-13(10-17)6-4-8-18-16/h3-9H,2,10-11,17H2,1H3,(H,18,19,20). The summed E-state index contributed by atoms with van der Waals surface area (Å²) in [6.45, 7) is 2.33. The molecule has 1 aromatic carbocycles. The van der Waals surface area contributed by atoms with Crippen molar-refractivity contribution in [3.63, 3.8) is 0 Å². The molecule has 0 unspecified atom stereocenters. The van der Waals surface area contributed by atoms with Crippen molar-refractivity contribution in [2.45, 2.75) is 19.9 Å². The van der Waals surface area contributed by atoms with Crippen LogP contribution in [0.5, 0.6) is 5.75 Å². The molecule has 0 radical (unpaired) electrons. The number of pyridine rings is 1. The molecule has 1 aromatic heterocycles. The van der Waals surface area contributed by atoms with Gasteiger partial charge in [0, 0.05) is 18.3 Å². The van der Waals surface area contributed by atoms with Crippen molar-refractivity contribution in [1.82, 2.24) is 4.98 Å². The van der Waals surface area contributed by atoms with E-state index in [4.69, 9.17) is 10.5 Å². The summed E-state index contributed by atoms with van der Waals surface area (Å²) in [6.07, 6.45) is 2.54. The van der Waals surface area contributed by atoms with Crippen molar-refractivity contribution >= 4 is 11.7 Å². The van der Waals surface area contributed by atoms with E-state index in [1.165, 1.54) is 5.56 Å². The van der Waals surface area contributed by atoms with Crippen LogP contribution in [-0.4, -0.2) is 17.5 Å². The van der Waals surface area contributed by atoms with E-state index >= 15 is 0 Å². The van der Waals surface area contributed by atoms with Gasteiger partial charge in [0.05, 0.1) is 0 Å². The number of hydrogen-bond acceptors (Lipinski definition) is 4. The average Bonchev–Trinajstić information content (AvgIpc) is 2.53. The summed E-state index contributed by atoms with van der Waals surface area (Å²) in [7, 11) is 0. The third-order valence-corrected chi connectivity index (χ3v) is 3.05. The molecule has 0 atom stereocenters. The van der Waals surface area contributed by atoms with E-state index in [-0.39, 0.29) is 12.5 Å². The van der Waals surface area contributed by atoms with E-state index in [0.29, 0.717) is 18.1 Å². The monoisotopic (exact) mass is 285 g/mol. The number of aromatic nitrogens is 1. The van der Waals surface area contributed by atoms with Gasteiger partial charge in [0.1, 0.15) is 11.6 Å². The first kappa shape index (κ1) is 15.0. The molecule has 3 N–H and O–H groups in total. The molecule has 0 fully saturated rings. The fourth-order valence-corrected chi connectivity index (χ4v) is 1.89. The van der Waals surface area contributed by atoms with E-state index in [1.807, 2.05) is 30.3 Å². The van der Waals surface area contributed by atoms with Gasteiger partial charge in [0.15, 0.2) is 6.61 Å². The fourth-order valence-electron chi connectivity index (χ4n) is 1.89. The van der Waals surface area contributed by atoms with Gasteiger partial charge in [0.25, 0.3) is 5.91 Å². The van der Waals surface area contributed by atoms with Crippen LogP contribution in [-0.2, 0) is 17.8 Å². The molecule has 0 bridgehead atoms. The second kappa shape index (κ2) is 7.40. The number of aryl methyl sites for hydroxylation is 1. The highest BCUT2D eigenvalue weighted by atomic mass is 16.5. The Balaban J connectivity index is 1.92. The number of rotatable bonds is 6. The van der Waals surface area contributed by atoms with Gasteiger partial charge in [-0.15, -0.1) is 0 Å². The number of ether oxygens (including phenoxy) is 1. The van der Waals surface area contributed by atoms with E-state index < -0.39 is 0 Å². The third-order valence-electron chi connectivity index (χ3n) is 3.05. The van der Waals surface area contributed by atoms with Gasteiger partial charge >= 0.3 is 0 Å². The summed E-state index contributed by atoms with van der Waals surface area (Å²) in [6, 6.07) is 11.3. The zero-order valence-electron chi connectivity index (χ0n) is 12.0. The van der Waals surface area contributed by atoms with Crippen molar-refractivity contribution in [1.29, 1.82) is 0 Å². The number of nitrogens with zero attached hydrogens (tertiary/aromatic N) is 1. The Morgan fingerprint density at radius 2 is 2.19 bits per heavy atom. The molecule has 0 aliphatic carbocycles. The lowest BCUT2D eigenvalue weighted by Crippen LogP contribution is -2.22. The Bertz CT molecular complexity index is 614. The zero-order valence-corrected chi connectivity index (χ0v) is 12.0. The van der Waals surface area contributed by atoms with Crippen LogP contribution in [0.15, 0.2) is 42.6 Å². The van der Waals surface area contributed by atoms with Gasteiger partial charge in [-0.1, -0.05) is 25.1 Å². The van der Waals surface area contributed by atoms with Crippen LogP contribution >= 0.6 is 0 Å². The van der Waals surface area contributed by atoms with Crippen LogP contribution in [0.4, 0.5) is 5.82 Å². The Morgan fingerprint density at radius 3 is 2.95 bits per heavy atom. The lowest BCUT2D eigenvalue weighted by atomic mass is 10.2. The summed E-state index contributed by atoms with van der Waals surface area (Å²) in [4.78, 5) is 16.0. The van der Waals surface area contributed by atoms with Gasteiger partial charge in [-0.2, -0.15) is 0 Å². The van der Waals surface area contributed by atoms with Gasteiger partial charge in [-0.25, -0.2) is 4.98 Å². The van der Waals surface area contributed by atoms with Gasteiger partial charge in [-0.3, -0.25) is 4.79 Å². The van der Waals surface area contributed by atoms with Gasteiger partial charge in [-0.05, 0) is 30.2 Å². The molecule has 0 saturated heterocycles. The smallest absolute Gasteiger partial charge is 0.263 e. The maximum atomic E-state index is 11.9. The normalized spacial score (nSPS) is 10.2. The molecule has 2 aromatic rings. The molecule has 1 heterocycles. The largest absolute Gasteiger partial charge is 0.484 e. The first-order valence-corrected chi connectivity index (χ1v) is 6.88. The molecule has 110 valence electrons. The lowest BCUT2D eigenvalue weighted by Gasteiger charge is -2.10. The molecule has 1 amide bonds. The van der Waals surface area contributed by atoms with Crippen LogP contribution < -0.4 is 15.8 Å². The average molecular weight is 285 g/mol. The molecule has 5 nitrogen and oxygen atoms in total. The molecule has 0 spiro atoms. The Hall–Kier alpha value is -2.40. The van der Waals surface area contributed by atoms with Crippen molar-refractivity contribution in [2.24, 2.45) is 5.73 Å². The van der Waals surface area contributed by atoms with Crippen LogP contribution in [0.1, 0.15) is 18.1 Å².